The zero-order chi connectivity index (χ0) is 14.4. The third-order valence-electron chi connectivity index (χ3n) is 3.79. The number of hydrogen-bond acceptors (Lipinski definition) is 4. The maximum atomic E-state index is 12.4. The van der Waals surface area contributed by atoms with Gasteiger partial charge in [0.25, 0.3) is 0 Å². The molecular formula is C13H24N4O3. The van der Waals surface area contributed by atoms with Crippen molar-refractivity contribution < 1.29 is 14.3 Å². The van der Waals surface area contributed by atoms with Crippen molar-refractivity contribution in [3.05, 3.63) is 0 Å². The molecule has 2 saturated heterocycles. The first-order valence-corrected chi connectivity index (χ1v) is 7.31. The van der Waals surface area contributed by atoms with Gasteiger partial charge >= 0.3 is 6.03 Å². The molecule has 2 rings (SSSR count). The molecule has 114 valence electrons. The Bertz CT molecular complexity index is 345. The molecule has 20 heavy (non-hydrogen) atoms. The molecular weight excluding hydrogens is 260 g/mol. The highest BCUT2D eigenvalue weighted by Crippen LogP contribution is 2.18. The second-order valence-corrected chi connectivity index (χ2v) is 5.25. The van der Waals surface area contributed by atoms with E-state index in [0.29, 0.717) is 45.9 Å². The highest BCUT2D eigenvalue weighted by atomic mass is 16.5. The number of urea groups is 1. The van der Waals surface area contributed by atoms with E-state index >= 15 is 0 Å². The van der Waals surface area contributed by atoms with E-state index in [1.54, 1.807) is 4.90 Å². The van der Waals surface area contributed by atoms with Gasteiger partial charge in [0.05, 0.1) is 19.1 Å². The molecule has 0 bridgehead atoms. The molecule has 2 aliphatic rings. The number of nitrogens with one attached hydrogen (secondary N) is 1. The Morgan fingerprint density at radius 1 is 1.20 bits per heavy atom. The lowest BCUT2D eigenvalue weighted by atomic mass is 9.97. The summed E-state index contributed by atoms with van der Waals surface area (Å²) in [6.07, 6.45) is 1.71. The van der Waals surface area contributed by atoms with Crippen LogP contribution in [-0.2, 0) is 9.53 Å². The van der Waals surface area contributed by atoms with Gasteiger partial charge in [0, 0.05) is 39.3 Å². The molecule has 1 atom stereocenters. The van der Waals surface area contributed by atoms with Crippen molar-refractivity contribution >= 4 is 11.9 Å². The molecule has 0 spiro atoms. The molecule has 0 saturated carbocycles. The van der Waals surface area contributed by atoms with Gasteiger partial charge in [0.1, 0.15) is 0 Å². The summed E-state index contributed by atoms with van der Waals surface area (Å²) in [4.78, 5) is 27.9. The normalized spacial score (nSPS) is 23.6. The van der Waals surface area contributed by atoms with Crippen LogP contribution in [0.5, 0.6) is 0 Å². The number of hydrogen-bond donors (Lipinski definition) is 2. The summed E-state index contributed by atoms with van der Waals surface area (Å²) in [6.45, 7) is 4.64. The molecule has 0 aromatic carbocycles. The Kier molecular flexibility index (Phi) is 5.60. The summed E-state index contributed by atoms with van der Waals surface area (Å²) in [7, 11) is 0. The number of piperidine rings is 1. The Labute approximate surface area is 119 Å². The van der Waals surface area contributed by atoms with Crippen LogP contribution in [0, 0.1) is 5.92 Å². The molecule has 0 aromatic rings. The summed E-state index contributed by atoms with van der Waals surface area (Å²) in [5.74, 6) is -0.102. The number of amides is 3. The van der Waals surface area contributed by atoms with E-state index in [4.69, 9.17) is 10.5 Å². The minimum atomic E-state index is -0.111. The standard InChI is InChI=1S/C13H24N4O3/c14-3-4-15-12(18)11-2-1-5-17(10-11)13(19)16-6-8-20-9-7-16/h11H,1-10,14H2,(H,15,18). The fourth-order valence-corrected chi connectivity index (χ4v) is 2.66. The lowest BCUT2D eigenvalue weighted by Gasteiger charge is -2.37. The van der Waals surface area contributed by atoms with Crippen molar-refractivity contribution in [2.75, 3.05) is 52.5 Å². The van der Waals surface area contributed by atoms with E-state index in [-0.39, 0.29) is 17.9 Å². The molecule has 0 aromatic heterocycles. The Morgan fingerprint density at radius 3 is 2.65 bits per heavy atom. The second-order valence-electron chi connectivity index (χ2n) is 5.25. The quantitative estimate of drug-likeness (QED) is 0.712. The molecule has 2 fully saturated rings. The van der Waals surface area contributed by atoms with Gasteiger partial charge in [-0.05, 0) is 12.8 Å². The second kappa shape index (κ2) is 7.44. The predicted octanol–water partition coefficient (Wildman–Crippen LogP) is -0.774. The topological polar surface area (TPSA) is 87.9 Å². The SMILES string of the molecule is NCCNC(=O)C1CCCN(C(=O)N2CCOCC2)C1. The molecule has 0 radical (unpaired) electrons. The Morgan fingerprint density at radius 2 is 1.95 bits per heavy atom. The monoisotopic (exact) mass is 284 g/mol. The number of rotatable bonds is 3. The molecule has 7 nitrogen and oxygen atoms in total. The van der Waals surface area contributed by atoms with Crippen molar-refractivity contribution in [2.45, 2.75) is 12.8 Å². The van der Waals surface area contributed by atoms with Gasteiger partial charge in [-0.1, -0.05) is 0 Å². The average molecular weight is 284 g/mol. The molecule has 7 heteroatoms. The number of nitrogens with two attached hydrogens (primary N) is 1. The van der Waals surface area contributed by atoms with Crippen LogP contribution in [0.15, 0.2) is 0 Å². The smallest absolute Gasteiger partial charge is 0.320 e. The lowest BCUT2D eigenvalue weighted by molar-refractivity contribution is -0.126. The fourth-order valence-electron chi connectivity index (χ4n) is 2.66. The lowest BCUT2D eigenvalue weighted by Crippen LogP contribution is -2.52. The van der Waals surface area contributed by atoms with Crippen LogP contribution in [-0.4, -0.2) is 74.2 Å². The third kappa shape index (κ3) is 3.83. The number of carbonyl (C=O) groups excluding carboxylic acids is 2. The van der Waals surface area contributed by atoms with Crippen LogP contribution >= 0.6 is 0 Å². The van der Waals surface area contributed by atoms with Crippen LogP contribution < -0.4 is 11.1 Å². The van der Waals surface area contributed by atoms with E-state index < -0.39 is 0 Å². The minimum Gasteiger partial charge on any atom is -0.378 e. The predicted molar refractivity (Wildman–Crippen MR) is 74.1 cm³/mol. The van der Waals surface area contributed by atoms with E-state index in [0.717, 1.165) is 19.4 Å². The Balaban J connectivity index is 1.85. The molecule has 3 amide bonds. The molecule has 1 unspecified atom stereocenters. The van der Waals surface area contributed by atoms with Crippen molar-refractivity contribution in [3.63, 3.8) is 0 Å². The first-order chi connectivity index (χ1) is 9.72. The van der Waals surface area contributed by atoms with Crippen molar-refractivity contribution in [1.82, 2.24) is 15.1 Å². The van der Waals surface area contributed by atoms with Gasteiger partial charge in [-0.2, -0.15) is 0 Å². The number of carbonyl (C=O) groups is 2. The first kappa shape index (κ1) is 15.1. The molecule has 3 N–H and O–H groups in total. The van der Waals surface area contributed by atoms with Gasteiger partial charge in [-0.25, -0.2) is 4.79 Å². The van der Waals surface area contributed by atoms with Gasteiger partial charge < -0.3 is 25.6 Å². The third-order valence-corrected chi connectivity index (χ3v) is 3.79. The molecule has 2 heterocycles. The zero-order valence-electron chi connectivity index (χ0n) is 11.8. The maximum absolute atomic E-state index is 12.4. The number of ether oxygens (including phenoxy) is 1. The van der Waals surface area contributed by atoms with Gasteiger partial charge in [-0.3, -0.25) is 4.79 Å². The first-order valence-electron chi connectivity index (χ1n) is 7.31. The van der Waals surface area contributed by atoms with Crippen LogP contribution in [0.25, 0.3) is 0 Å². The number of nitrogens with zero attached hydrogens (tertiary/aromatic N) is 2. The highest BCUT2D eigenvalue weighted by molar-refractivity contribution is 5.80. The van der Waals surface area contributed by atoms with E-state index in [1.807, 2.05) is 4.90 Å². The summed E-state index contributed by atoms with van der Waals surface area (Å²) < 4.78 is 5.25. The maximum Gasteiger partial charge on any atom is 0.320 e. The van der Waals surface area contributed by atoms with Crippen LogP contribution in [0.3, 0.4) is 0 Å². The van der Waals surface area contributed by atoms with Crippen LogP contribution in [0.1, 0.15) is 12.8 Å². The summed E-state index contributed by atoms with van der Waals surface area (Å²) in [6, 6.07) is 0.0321. The number of morpholine rings is 1. The van der Waals surface area contributed by atoms with Gasteiger partial charge in [0.15, 0.2) is 0 Å². The summed E-state index contributed by atoms with van der Waals surface area (Å²) in [5.41, 5.74) is 5.38. The van der Waals surface area contributed by atoms with Crippen LogP contribution in [0.4, 0.5) is 4.79 Å². The fraction of sp³-hybridized carbons (Fsp3) is 0.846. The summed E-state index contributed by atoms with van der Waals surface area (Å²) >= 11 is 0. The largest absolute Gasteiger partial charge is 0.378 e. The van der Waals surface area contributed by atoms with Gasteiger partial charge in [0.2, 0.25) is 5.91 Å². The zero-order valence-corrected chi connectivity index (χ0v) is 11.8. The van der Waals surface area contributed by atoms with Crippen molar-refractivity contribution in [1.29, 1.82) is 0 Å². The highest BCUT2D eigenvalue weighted by Gasteiger charge is 2.30. The molecule has 0 aliphatic carbocycles. The van der Waals surface area contributed by atoms with E-state index in [1.165, 1.54) is 0 Å². The Hall–Kier alpha value is -1.34. The number of likely N-dealkylation sites (tertiary alicyclic amines) is 1. The van der Waals surface area contributed by atoms with Crippen molar-refractivity contribution in [2.24, 2.45) is 11.7 Å². The summed E-state index contributed by atoms with van der Waals surface area (Å²) in [5, 5.41) is 2.81. The minimum absolute atomic E-state index is 0.00919. The van der Waals surface area contributed by atoms with Crippen LogP contribution in [0.2, 0.25) is 0 Å². The average Bonchev–Trinajstić information content (AvgIpc) is 2.52. The molecule has 2 aliphatic heterocycles. The van der Waals surface area contributed by atoms with Crippen molar-refractivity contribution in [3.8, 4) is 0 Å². The van der Waals surface area contributed by atoms with E-state index in [9.17, 15) is 9.59 Å². The van der Waals surface area contributed by atoms with E-state index in [2.05, 4.69) is 5.32 Å². The van der Waals surface area contributed by atoms with Gasteiger partial charge in [-0.15, -0.1) is 0 Å².